The van der Waals surface area contributed by atoms with E-state index in [4.69, 9.17) is 0 Å². The van der Waals surface area contributed by atoms with Crippen LogP contribution in [-0.4, -0.2) is 23.6 Å². The number of anilines is 2. The summed E-state index contributed by atoms with van der Waals surface area (Å²) in [5.41, 5.74) is 0.540. The van der Waals surface area contributed by atoms with Crippen molar-refractivity contribution in [1.82, 2.24) is 9.97 Å². The SMILES string of the molecule is CCC1(CNc2cc(NC)nc(C)n2)CC1. The predicted octanol–water partition coefficient (Wildman–Crippen LogP) is 2.43. The highest BCUT2D eigenvalue weighted by Gasteiger charge is 2.40. The molecule has 0 amide bonds. The lowest BCUT2D eigenvalue weighted by molar-refractivity contribution is 0.520. The third-order valence-electron chi connectivity index (χ3n) is 3.45. The van der Waals surface area contributed by atoms with E-state index in [2.05, 4.69) is 27.5 Å². The molecule has 1 fully saturated rings. The zero-order valence-corrected chi connectivity index (χ0v) is 10.3. The molecule has 0 saturated heterocycles. The zero-order chi connectivity index (χ0) is 11.6. The van der Waals surface area contributed by atoms with E-state index in [-0.39, 0.29) is 0 Å². The molecule has 1 aromatic rings. The maximum Gasteiger partial charge on any atom is 0.131 e. The Morgan fingerprint density at radius 1 is 1.31 bits per heavy atom. The molecule has 0 spiro atoms. The van der Waals surface area contributed by atoms with Crippen molar-refractivity contribution in [2.45, 2.75) is 33.1 Å². The maximum atomic E-state index is 4.38. The molecule has 0 radical (unpaired) electrons. The van der Waals surface area contributed by atoms with Gasteiger partial charge in [-0.25, -0.2) is 9.97 Å². The lowest BCUT2D eigenvalue weighted by Gasteiger charge is -2.14. The van der Waals surface area contributed by atoms with Gasteiger partial charge in [-0.15, -0.1) is 0 Å². The quantitative estimate of drug-likeness (QED) is 0.800. The number of nitrogens with zero attached hydrogens (tertiary/aromatic N) is 2. The van der Waals surface area contributed by atoms with Crippen molar-refractivity contribution in [3.05, 3.63) is 11.9 Å². The molecule has 1 aromatic heterocycles. The van der Waals surface area contributed by atoms with Gasteiger partial charge < -0.3 is 10.6 Å². The number of aryl methyl sites for hydroxylation is 1. The normalized spacial score (nSPS) is 16.9. The Morgan fingerprint density at radius 3 is 2.56 bits per heavy atom. The van der Waals surface area contributed by atoms with Crippen LogP contribution >= 0.6 is 0 Å². The summed E-state index contributed by atoms with van der Waals surface area (Å²) >= 11 is 0. The third kappa shape index (κ3) is 2.43. The summed E-state index contributed by atoms with van der Waals surface area (Å²) < 4.78 is 0. The van der Waals surface area contributed by atoms with Crippen LogP contribution < -0.4 is 10.6 Å². The molecule has 0 aliphatic heterocycles. The fourth-order valence-corrected chi connectivity index (χ4v) is 1.90. The summed E-state index contributed by atoms with van der Waals surface area (Å²) in [7, 11) is 1.87. The fourth-order valence-electron chi connectivity index (χ4n) is 1.90. The van der Waals surface area contributed by atoms with Crippen molar-refractivity contribution in [3.8, 4) is 0 Å². The van der Waals surface area contributed by atoms with E-state index >= 15 is 0 Å². The summed E-state index contributed by atoms with van der Waals surface area (Å²) in [6.45, 7) is 5.21. The van der Waals surface area contributed by atoms with Gasteiger partial charge in [-0.2, -0.15) is 0 Å². The smallest absolute Gasteiger partial charge is 0.131 e. The highest BCUT2D eigenvalue weighted by molar-refractivity contribution is 5.47. The molecule has 16 heavy (non-hydrogen) atoms. The number of hydrogen-bond donors (Lipinski definition) is 2. The number of nitrogens with one attached hydrogen (secondary N) is 2. The van der Waals surface area contributed by atoms with Crippen molar-refractivity contribution in [3.63, 3.8) is 0 Å². The monoisotopic (exact) mass is 220 g/mol. The van der Waals surface area contributed by atoms with Crippen molar-refractivity contribution < 1.29 is 0 Å². The first-order valence-electron chi connectivity index (χ1n) is 5.95. The molecule has 0 aromatic carbocycles. The molecule has 1 aliphatic rings. The van der Waals surface area contributed by atoms with Crippen LogP contribution in [0.2, 0.25) is 0 Å². The van der Waals surface area contributed by atoms with Crippen LogP contribution in [0.5, 0.6) is 0 Å². The summed E-state index contributed by atoms with van der Waals surface area (Å²) in [4.78, 5) is 8.66. The van der Waals surface area contributed by atoms with Gasteiger partial charge >= 0.3 is 0 Å². The Labute approximate surface area is 96.9 Å². The maximum absolute atomic E-state index is 4.38. The number of aromatic nitrogens is 2. The van der Waals surface area contributed by atoms with E-state index in [9.17, 15) is 0 Å². The molecule has 4 heteroatoms. The Kier molecular flexibility index (Phi) is 2.99. The van der Waals surface area contributed by atoms with Gasteiger partial charge in [0.1, 0.15) is 17.5 Å². The minimum absolute atomic E-state index is 0.540. The van der Waals surface area contributed by atoms with Crippen LogP contribution in [-0.2, 0) is 0 Å². The lowest BCUT2D eigenvalue weighted by atomic mass is 10.0. The second-order valence-corrected chi connectivity index (χ2v) is 4.64. The number of rotatable bonds is 5. The van der Waals surface area contributed by atoms with Crippen LogP contribution in [0.15, 0.2) is 6.07 Å². The van der Waals surface area contributed by atoms with Crippen LogP contribution in [0, 0.1) is 12.3 Å². The average molecular weight is 220 g/mol. The second kappa shape index (κ2) is 4.28. The predicted molar refractivity (Wildman–Crippen MR) is 66.8 cm³/mol. The fraction of sp³-hybridized carbons (Fsp3) is 0.667. The van der Waals surface area contributed by atoms with Crippen molar-refractivity contribution in [1.29, 1.82) is 0 Å². The molecule has 1 aliphatic carbocycles. The van der Waals surface area contributed by atoms with Gasteiger partial charge in [0.15, 0.2) is 0 Å². The largest absolute Gasteiger partial charge is 0.373 e. The Bertz CT molecular complexity index is 371. The van der Waals surface area contributed by atoms with E-state index in [0.29, 0.717) is 5.41 Å². The average Bonchev–Trinajstić information content (AvgIpc) is 3.06. The van der Waals surface area contributed by atoms with Crippen molar-refractivity contribution >= 4 is 11.6 Å². The van der Waals surface area contributed by atoms with Crippen LogP contribution in [0.25, 0.3) is 0 Å². The van der Waals surface area contributed by atoms with Crippen molar-refractivity contribution in [2.75, 3.05) is 24.2 Å². The van der Waals surface area contributed by atoms with E-state index in [1.54, 1.807) is 0 Å². The van der Waals surface area contributed by atoms with Crippen LogP contribution in [0.3, 0.4) is 0 Å². The minimum Gasteiger partial charge on any atom is -0.373 e. The standard InChI is InChI=1S/C12H20N4/c1-4-12(5-6-12)8-14-11-7-10(13-3)15-9(2)16-11/h7H,4-6,8H2,1-3H3,(H2,13,14,15,16). The Morgan fingerprint density at radius 2 is 2.00 bits per heavy atom. The van der Waals surface area contributed by atoms with Crippen LogP contribution in [0.4, 0.5) is 11.6 Å². The van der Waals surface area contributed by atoms with Gasteiger partial charge in [-0.3, -0.25) is 0 Å². The summed E-state index contributed by atoms with van der Waals surface area (Å²) in [5.74, 6) is 2.60. The highest BCUT2D eigenvalue weighted by Crippen LogP contribution is 2.48. The first-order chi connectivity index (χ1) is 7.67. The van der Waals surface area contributed by atoms with Gasteiger partial charge in [0.25, 0.3) is 0 Å². The second-order valence-electron chi connectivity index (χ2n) is 4.64. The zero-order valence-electron chi connectivity index (χ0n) is 10.3. The molecule has 1 saturated carbocycles. The van der Waals surface area contributed by atoms with E-state index in [1.165, 1.54) is 19.3 Å². The molecular formula is C12H20N4. The molecule has 88 valence electrons. The van der Waals surface area contributed by atoms with Gasteiger partial charge in [-0.1, -0.05) is 6.92 Å². The third-order valence-corrected chi connectivity index (χ3v) is 3.45. The summed E-state index contributed by atoms with van der Waals surface area (Å²) in [6, 6.07) is 1.96. The first-order valence-corrected chi connectivity index (χ1v) is 5.95. The van der Waals surface area contributed by atoms with Crippen molar-refractivity contribution in [2.24, 2.45) is 5.41 Å². The molecule has 2 N–H and O–H groups in total. The molecule has 0 bridgehead atoms. The molecule has 4 nitrogen and oxygen atoms in total. The van der Waals surface area contributed by atoms with Gasteiger partial charge in [-0.05, 0) is 31.6 Å². The van der Waals surface area contributed by atoms with E-state index < -0.39 is 0 Å². The molecule has 1 heterocycles. The highest BCUT2D eigenvalue weighted by atomic mass is 15.1. The molecule has 0 atom stereocenters. The first kappa shape index (κ1) is 11.2. The molecular weight excluding hydrogens is 200 g/mol. The topological polar surface area (TPSA) is 49.8 Å². The lowest BCUT2D eigenvalue weighted by Crippen LogP contribution is -2.15. The van der Waals surface area contributed by atoms with Gasteiger partial charge in [0, 0.05) is 19.7 Å². The molecule has 0 unspecified atom stereocenters. The van der Waals surface area contributed by atoms with E-state index in [1.807, 2.05) is 20.0 Å². The van der Waals surface area contributed by atoms with E-state index in [0.717, 1.165) is 24.0 Å². The minimum atomic E-state index is 0.540. The number of hydrogen-bond acceptors (Lipinski definition) is 4. The summed E-state index contributed by atoms with van der Waals surface area (Å²) in [6.07, 6.45) is 3.95. The molecule has 2 rings (SSSR count). The van der Waals surface area contributed by atoms with Gasteiger partial charge in [0.05, 0.1) is 0 Å². The van der Waals surface area contributed by atoms with Crippen LogP contribution in [0.1, 0.15) is 32.0 Å². The summed E-state index contributed by atoms with van der Waals surface area (Å²) in [5, 5.41) is 6.47. The van der Waals surface area contributed by atoms with Gasteiger partial charge in [0.2, 0.25) is 0 Å². The Hall–Kier alpha value is -1.32. The Balaban J connectivity index is 2.01.